The average Bonchev–Trinajstić information content (AvgIpc) is 2.69. The molecule has 0 radical (unpaired) electrons. The summed E-state index contributed by atoms with van der Waals surface area (Å²) in [6.07, 6.45) is 0. The lowest BCUT2D eigenvalue weighted by Gasteiger charge is -2.22. The van der Waals surface area contributed by atoms with Gasteiger partial charge in [-0.2, -0.15) is 0 Å². The van der Waals surface area contributed by atoms with Gasteiger partial charge < -0.3 is 9.84 Å². The summed E-state index contributed by atoms with van der Waals surface area (Å²) in [4.78, 5) is 4.84. The zero-order valence-corrected chi connectivity index (χ0v) is 18.3. The predicted octanol–water partition coefficient (Wildman–Crippen LogP) is 6.04. The molecule has 0 saturated heterocycles. The average molecular weight is 390 g/mol. The highest BCUT2D eigenvalue weighted by molar-refractivity contribution is 5.71. The smallest absolute Gasteiger partial charge is 0.132 e. The van der Waals surface area contributed by atoms with E-state index in [1.165, 1.54) is 5.56 Å². The topological polar surface area (TPSA) is 42.4 Å². The first-order valence-corrected chi connectivity index (χ1v) is 10.1. The number of rotatable bonds is 5. The quantitative estimate of drug-likeness (QED) is 0.578. The number of ether oxygens (including phenoxy) is 1. The second-order valence-electron chi connectivity index (χ2n) is 8.69. The molecule has 0 fully saturated rings. The maximum absolute atomic E-state index is 10.2. The van der Waals surface area contributed by atoms with Gasteiger partial charge in [0.05, 0.1) is 12.3 Å². The molecular weight excluding hydrogens is 358 g/mol. The van der Waals surface area contributed by atoms with Crippen molar-refractivity contribution in [1.29, 1.82) is 0 Å². The highest BCUT2D eigenvalue weighted by atomic mass is 16.5. The molecule has 0 aliphatic carbocycles. The number of aliphatic hydroxyl groups excluding tert-OH is 1. The third-order valence-electron chi connectivity index (χ3n) is 5.45. The van der Waals surface area contributed by atoms with E-state index in [0.29, 0.717) is 6.61 Å². The van der Waals surface area contributed by atoms with Gasteiger partial charge in [-0.1, -0.05) is 69.3 Å². The lowest BCUT2D eigenvalue weighted by molar-refractivity contribution is 0.258. The maximum Gasteiger partial charge on any atom is 0.132 e. The maximum atomic E-state index is 10.2. The standard InChI is InChI=1S/C26H31NO2/c1-17-14-21(26(4,5)6)12-13-22(17)24-23(15-28)25(18(2)19(3)27-24)29-16-20-10-8-7-9-11-20/h7-14,28H,15-16H2,1-6H3. The van der Waals surface area contributed by atoms with Gasteiger partial charge in [-0.25, -0.2) is 0 Å². The van der Waals surface area contributed by atoms with E-state index in [-0.39, 0.29) is 12.0 Å². The van der Waals surface area contributed by atoms with Crippen LogP contribution in [-0.2, 0) is 18.6 Å². The van der Waals surface area contributed by atoms with Crippen molar-refractivity contribution in [2.24, 2.45) is 0 Å². The van der Waals surface area contributed by atoms with Crippen molar-refractivity contribution in [2.75, 3.05) is 0 Å². The molecule has 0 atom stereocenters. The summed E-state index contributed by atoms with van der Waals surface area (Å²) in [6, 6.07) is 16.6. The highest BCUT2D eigenvalue weighted by Gasteiger charge is 2.21. The van der Waals surface area contributed by atoms with Crippen molar-refractivity contribution in [3.63, 3.8) is 0 Å². The molecule has 3 nitrogen and oxygen atoms in total. The van der Waals surface area contributed by atoms with Gasteiger partial charge in [-0.15, -0.1) is 0 Å². The van der Waals surface area contributed by atoms with Gasteiger partial charge in [0.2, 0.25) is 0 Å². The second kappa shape index (κ2) is 8.38. The van der Waals surface area contributed by atoms with Crippen LogP contribution in [0.25, 0.3) is 11.3 Å². The molecule has 0 unspecified atom stereocenters. The number of aryl methyl sites for hydroxylation is 2. The first-order chi connectivity index (χ1) is 13.7. The van der Waals surface area contributed by atoms with E-state index in [4.69, 9.17) is 9.72 Å². The fraction of sp³-hybridized carbons (Fsp3) is 0.346. The SMILES string of the molecule is Cc1cc(C(C)(C)C)ccc1-c1nc(C)c(C)c(OCc2ccccc2)c1CO. The Morgan fingerprint density at radius 3 is 2.24 bits per heavy atom. The fourth-order valence-electron chi connectivity index (χ4n) is 3.51. The summed E-state index contributed by atoms with van der Waals surface area (Å²) < 4.78 is 6.21. The molecule has 3 aromatic rings. The van der Waals surface area contributed by atoms with Crippen LogP contribution in [0.3, 0.4) is 0 Å². The lowest BCUT2D eigenvalue weighted by Crippen LogP contribution is -2.11. The second-order valence-corrected chi connectivity index (χ2v) is 8.69. The number of hydrogen-bond acceptors (Lipinski definition) is 3. The Kier molecular flexibility index (Phi) is 6.09. The first-order valence-electron chi connectivity index (χ1n) is 10.1. The van der Waals surface area contributed by atoms with Crippen molar-refractivity contribution < 1.29 is 9.84 Å². The number of aliphatic hydroxyl groups is 1. The van der Waals surface area contributed by atoms with Crippen LogP contribution >= 0.6 is 0 Å². The molecule has 0 saturated carbocycles. The fourth-order valence-corrected chi connectivity index (χ4v) is 3.51. The number of pyridine rings is 1. The van der Waals surface area contributed by atoms with Crippen LogP contribution in [0.2, 0.25) is 0 Å². The molecule has 1 N–H and O–H groups in total. The third kappa shape index (κ3) is 4.51. The first kappa shape index (κ1) is 21.1. The van der Waals surface area contributed by atoms with E-state index >= 15 is 0 Å². The van der Waals surface area contributed by atoms with Gasteiger partial charge in [-0.05, 0) is 42.9 Å². The van der Waals surface area contributed by atoms with Crippen molar-refractivity contribution in [3.8, 4) is 17.0 Å². The van der Waals surface area contributed by atoms with Crippen LogP contribution < -0.4 is 4.74 Å². The number of hydrogen-bond donors (Lipinski definition) is 1. The highest BCUT2D eigenvalue weighted by Crippen LogP contribution is 2.36. The molecular formula is C26H31NO2. The van der Waals surface area contributed by atoms with Crippen molar-refractivity contribution in [1.82, 2.24) is 4.98 Å². The summed E-state index contributed by atoms with van der Waals surface area (Å²) in [7, 11) is 0. The van der Waals surface area contributed by atoms with Crippen molar-refractivity contribution >= 4 is 0 Å². The Bertz CT molecular complexity index is 1000. The van der Waals surface area contributed by atoms with Gasteiger partial charge >= 0.3 is 0 Å². The Morgan fingerprint density at radius 1 is 0.966 bits per heavy atom. The van der Waals surface area contributed by atoms with Crippen LogP contribution in [0, 0.1) is 20.8 Å². The minimum atomic E-state index is -0.117. The summed E-state index contributed by atoms with van der Waals surface area (Å²) in [5, 5.41) is 10.2. The zero-order valence-electron chi connectivity index (χ0n) is 18.3. The number of nitrogens with zero attached hydrogens (tertiary/aromatic N) is 1. The molecule has 0 amide bonds. The Hall–Kier alpha value is -2.65. The minimum absolute atomic E-state index is 0.0870. The molecule has 0 aliphatic heterocycles. The summed E-state index contributed by atoms with van der Waals surface area (Å²) >= 11 is 0. The summed E-state index contributed by atoms with van der Waals surface area (Å²) in [5.41, 5.74) is 8.09. The molecule has 0 aliphatic rings. The van der Waals surface area contributed by atoms with Crippen molar-refractivity contribution in [2.45, 2.75) is 60.2 Å². The lowest BCUT2D eigenvalue weighted by atomic mass is 9.84. The molecule has 0 bridgehead atoms. The Balaban J connectivity index is 2.07. The van der Waals surface area contributed by atoms with Crippen molar-refractivity contribution in [3.05, 3.63) is 82.0 Å². The molecule has 0 spiro atoms. The predicted molar refractivity (Wildman–Crippen MR) is 119 cm³/mol. The van der Waals surface area contributed by atoms with E-state index in [0.717, 1.165) is 45.0 Å². The van der Waals surface area contributed by atoms with Gasteiger partial charge in [0.15, 0.2) is 0 Å². The number of benzene rings is 2. The Morgan fingerprint density at radius 2 is 1.66 bits per heavy atom. The molecule has 3 rings (SSSR count). The van der Waals surface area contributed by atoms with Gasteiger partial charge in [0.25, 0.3) is 0 Å². The molecule has 3 heteroatoms. The van der Waals surface area contributed by atoms with Crippen LogP contribution in [0.15, 0.2) is 48.5 Å². The van der Waals surface area contributed by atoms with E-state index in [2.05, 4.69) is 45.9 Å². The largest absolute Gasteiger partial charge is 0.488 e. The molecule has 152 valence electrons. The van der Waals surface area contributed by atoms with Gasteiger partial charge in [0, 0.05) is 22.4 Å². The minimum Gasteiger partial charge on any atom is -0.488 e. The van der Waals surface area contributed by atoms with E-state index in [1.54, 1.807) is 0 Å². The van der Waals surface area contributed by atoms with Crippen LogP contribution in [0.4, 0.5) is 0 Å². The number of aromatic nitrogens is 1. The third-order valence-corrected chi connectivity index (χ3v) is 5.45. The molecule has 1 aromatic heterocycles. The van der Waals surface area contributed by atoms with E-state index in [1.807, 2.05) is 44.2 Å². The molecule has 29 heavy (non-hydrogen) atoms. The molecule has 2 aromatic carbocycles. The monoisotopic (exact) mass is 389 g/mol. The van der Waals surface area contributed by atoms with Gasteiger partial charge in [0.1, 0.15) is 12.4 Å². The van der Waals surface area contributed by atoms with E-state index < -0.39 is 0 Å². The van der Waals surface area contributed by atoms with E-state index in [9.17, 15) is 5.11 Å². The van der Waals surface area contributed by atoms with Crippen LogP contribution in [-0.4, -0.2) is 10.1 Å². The summed E-state index contributed by atoms with van der Waals surface area (Å²) in [6.45, 7) is 13.1. The van der Waals surface area contributed by atoms with Gasteiger partial charge in [-0.3, -0.25) is 4.98 Å². The Labute approximate surface area is 174 Å². The molecule has 1 heterocycles. The summed E-state index contributed by atoms with van der Waals surface area (Å²) in [5.74, 6) is 0.734. The normalized spacial score (nSPS) is 11.6. The zero-order chi connectivity index (χ0) is 21.2. The van der Waals surface area contributed by atoms with Crippen LogP contribution in [0.1, 0.15) is 54.3 Å². The van der Waals surface area contributed by atoms with Crippen LogP contribution in [0.5, 0.6) is 5.75 Å².